The largest absolute Gasteiger partial charge is 0.493 e. The molecule has 1 aromatic rings. The molecule has 118 valence electrons. The first-order valence-electron chi connectivity index (χ1n) is 6.47. The SMILES string of the molecule is CCCN(CC(=O)O)S(=O)(=O)c1ccc(OCC)c(Br)c1. The number of carboxylic acid groups (broad SMARTS) is 1. The molecule has 0 aliphatic rings. The molecule has 1 N–H and O–H groups in total. The number of aliphatic carboxylic acids is 1. The van der Waals surface area contributed by atoms with E-state index in [1.165, 1.54) is 12.1 Å². The van der Waals surface area contributed by atoms with E-state index in [-0.39, 0.29) is 11.4 Å². The third-order valence-electron chi connectivity index (χ3n) is 2.63. The van der Waals surface area contributed by atoms with Gasteiger partial charge in [-0.3, -0.25) is 4.79 Å². The average Bonchev–Trinajstić information content (AvgIpc) is 2.40. The molecule has 8 heteroatoms. The second-order valence-electron chi connectivity index (χ2n) is 4.26. The van der Waals surface area contributed by atoms with E-state index in [1.54, 1.807) is 13.0 Å². The molecule has 0 spiro atoms. The standard InChI is InChI=1S/C13H18BrNO5S/c1-3-7-15(9-13(16)17)21(18,19)10-5-6-12(20-4-2)11(14)8-10/h5-6,8H,3-4,7,9H2,1-2H3,(H,16,17). The monoisotopic (exact) mass is 379 g/mol. The van der Waals surface area contributed by atoms with Gasteiger partial charge in [0.15, 0.2) is 0 Å². The highest BCUT2D eigenvalue weighted by atomic mass is 79.9. The third-order valence-corrected chi connectivity index (χ3v) is 5.09. The third kappa shape index (κ3) is 4.69. The number of ether oxygens (including phenoxy) is 1. The fourth-order valence-corrected chi connectivity index (χ4v) is 3.90. The molecular formula is C13H18BrNO5S. The summed E-state index contributed by atoms with van der Waals surface area (Å²) in [6.07, 6.45) is 0.532. The Bertz CT molecular complexity index is 603. The van der Waals surface area contributed by atoms with Crippen molar-refractivity contribution in [2.45, 2.75) is 25.2 Å². The Morgan fingerprint density at radius 2 is 2.05 bits per heavy atom. The number of carbonyl (C=O) groups is 1. The van der Waals surface area contributed by atoms with E-state index < -0.39 is 22.5 Å². The van der Waals surface area contributed by atoms with Gasteiger partial charge in [-0.2, -0.15) is 4.31 Å². The van der Waals surface area contributed by atoms with Crippen LogP contribution < -0.4 is 4.74 Å². The Morgan fingerprint density at radius 1 is 1.38 bits per heavy atom. The summed E-state index contributed by atoms with van der Waals surface area (Å²) >= 11 is 3.26. The van der Waals surface area contributed by atoms with Crippen LogP contribution in [0.15, 0.2) is 27.6 Å². The van der Waals surface area contributed by atoms with Crippen LogP contribution in [0, 0.1) is 0 Å². The minimum Gasteiger partial charge on any atom is -0.493 e. The highest BCUT2D eigenvalue weighted by molar-refractivity contribution is 9.10. The molecule has 1 aromatic carbocycles. The fourth-order valence-electron chi connectivity index (χ4n) is 1.75. The van der Waals surface area contributed by atoms with Crippen molar-refractivity contribution in [3.05, 3.63) is 22.7 Å². The van der Waals surface area contributed by atoms with Crippen molar-refractivity contribution in [1.29, 1.82) is 0 Å². The number of sulfonamides is 1. The van der Waals surface area contributed by atoms with Crippen LogP contribution in [0.1, 0.15) is 20.3 Å². The van der Waals surface area contributed by atoms with Crippen molar-refractivity contribution in [1.82, 2.24) is 4.31 Å². The number of hydrogen-bond acceptors (Lipinski definition) is 4. The van der Waals surface area contributed by atoms with Crippen LogP contribution in [0.25, 0.3) is 0 Å². The molecule has 6 nitrogen and oxygen atoms in total. The summed E-state index contributed by atoms with van der Waals surface area (Å²) in [5.41, 5.74) is 0. The molecule has 21 heavy (non-hydrogen) atoms. The zero-order valence-electron chi connectivity index (χ0n) is 11.9. The Labute approximate surface area is 132 Å². The predicted octanol–water partition coefficient (Wildman–Crippen LogP) is 2.33. The number of benzene rings is 1. The van der Waals surface area contributed by atoms with Gasteiger partial charge in [-0.25, -0.2) is 8.42 Å². The summed E-state index contributed by atoms with van der Waals surface area (Å²) in [5, 5.41) is 8.85. The zero-order valence-corrected chi connectivity index (χ0v) is 14.3. The van der Waals surface area contributed by atoms with Crippen LogP contribution >= 0.6 is 15.9 Å². The average molecular weight is 380 g/mol. The molecule has 0 aliphatic carbocycles. The first kappa shape index (κ1) is 17.9. The first-order valence-corrected chi connectivity index (χ1v) is 8.70. The molecule has 1 rings (SSSR count). The minimum absolute atomic E-state index is 0.0347. The molecule has 0 saturated carbocycles. The lowest BCUT2D eigenvalue weighted by Crippen LogP contribution is -2.36. The number of rotatable bonds is 8. The molecule has 0 amide bonds. The number of hydrogen-bond donors (Lipinski definition) is 1. The van der Waals surface area contributed by atoms with Crippen LogP contribution in [0.5, 0.6) is 5.75 Å². The van der Waals surface area contributed by atoms with Crippen LogP contribution in [-0.4, -0.2) is 43.5 Å². The lowest BCUT2D eigenvalue weighted by molar-refractivity contribution is -0.137. The molecule has 0 saturated heterocycles. The molecule has 0 unspecified atom stereocenters. The van der Waals surface area contributed by atoms with Gasteiger partial charge in [-0.1, -0.05) is 6.92 Å². The minimum atomic E-state index is -3.85. The number of halogens is 1. The quantitative estimate of drug-likeness (QED) is 0.749. The highest BCUT2D eigenvalue weighted by Gasteiger charge is 2.26. The Hall–Kier alpha value is -1.12. The molecular weight excluding hydrogens is 362 g/mol. The van der Waals surface area contributed by atoms with Crippen molar-refractivity contribution in [3.8, 4) is 5.75 Å². The van der Waals surface area contributed by atoms with Gasteiger partial charge in [-0.05, 0) is 47.5 Å². The Balaban J connectivity index is 3.15. The predicted molar refractivity (Wildman–Crippen MR) is 82.0 cm³/mol. The Kier molecular flexibility index (Phi) is 6.63. The Morgan fingerprint density at radius 3 is 2.52 bits per heavy atom. The van der Waals surface area contributed by atoms with E-state index in [9.17, 15) is 13.2 Å². The zero-order chi connectivity index (χ0) is 16.0. The lowest BCUT2D eigenvalue weighted by Gasteiger charge is -2.20. The van der Waals surface area contributed by atoms with Gasteiger partial charge in [0, 0.05) is 6.54 Å². The van der Waals surface area contributed by atoms with E-state index in [4.69, 9.17) is 9.84 Å². The lowest BCUT2D eigenvalue weighted by atomic mass is 10.3. The van der Waals surface area contributed by atoms with E-state index in [2.05, 4.69) is 15.9 Å². The van der Waals surface area contributed by atoms with Crippen LogP contribution in [0.3, 0.4) is 0 Å². The number of carboxylic acids is 1. The van der Waals surface area contributed by atoms with Crippen molar-refractivity contribution in [2.24, 2.45) is 0 Å². The fraction of sp³-hybridized carbons (Fsp3) is 0.462. The summed E-state index contributed by atoms with van der Waals surface area (Å²) < 4.78 is 31.8. The molecule has 0 aromatic heterocycles. The van der Waals surface area contributed by atoms with Gasteiger partial charge >= 0.3 is 5.97 Å². The molecule has 0 bridgehead atoms. The highest BCUT2D eigenvalue weighted by Crippen LogP contribution is 2.29. The van der Waals surface area contributed by atoms with Gasteiger partial charge in [0.2, 0.25) is 10.0 Å². The molecule has 0 fully saturated rings. The number of nitrogens with zero attached hydrogens (tertiary/aromatic N) is 1. The van der Waals surface area contributed by atoms with E-state index in [0.29, 0.717) is 23.2 Å². The van der Waals surface area contributed by atoms with Crippen molar-refractivity contribution in [2.75, 3.05) is 19.7 Å². The van der Waals surface area contributed by atoms with Crippen molar-refractivity contribution in [3.63, 3.8) is 0 Å². The maximum Gasteiger partial charge on any atom is 0.318 e. The van der Waals surface area contributed by atoms with Crippen molar-refractivity contribution < 1.29 is 23.1 Å². The van der Waals surface area contributed by atoms with E-state index in [1.807, 2.05) is 6.92 Å². The summed E-state index contributed by atoms with van der Waals surface area (Å²) in [6.45, 7) is 3.68. The summed E-state index contributed by atoms with van der Waals surface area (Å²) in [4.78, 5) is 10.9. The van der Waals surface area contributed by atoms with Crippen LogP contribution in [-0.2, 0) is 14.8 Å². The summed E-state index contributed by atoms with van der Waals surface area (Å²) in [5.74, 6) is -0.645. The second-order valence-corrected chi connectivity index (χ2v) is 7.05. The van der Waals surface area contributed by atoms with Gasteiger partial charge in [-0.15, -0.1) is 0 Å². The van der Waals surface area contributed by atoms with Crippen LogP contribution in [0.4, 0.5) is 0 Å². The van der Waals surface area contributed by atoms with Gasteiger partial charge < -0.3 is 9.84 Å². The topological polar surface area (TPSA) is 83.9 Å². The molecule has 0 aliphatic heterocycles. The normalized spacial score (nSPS) is 11.6. The molecule has 0 atom stereocenters. The summed E-state index contributed by atoms with van der Waals surface area (Å²) in [6, 6.07) is 4.38. The molecule has 0 heterocycles. The van der Waals surface area contributed by atoms with E-state index >= 15 is 0 Å². The second kappa shape index (κ2) is 7.77. The molecule has 0 radical (unpaired) electrons. The van der Waals surface area contributed by atoms with Crippen LogP contribution in [0.2, 0.25) is 0 Å². The summed E-state index contributed by atoms with van der Waals surface area (Å²) in [7, 11) is -3.85. The smallest absolute Gasteiger partial charge is 0.318 e. The van der Waals surface area contributed by atoms with Gasteiger partial charge in [0.05, 0.1) is 16.0 Å². The van der Waals surface area contributed by atoms with E-state index in [0.717, 1.165) is 4.31 Å². The van der Waals surface area contributed by atoms with Crippen molar-refractivity contribution >= 4 is 31.9 Å². The van der Waals surface area contributed by atoms with Gasteiger partial charge in [0.1, 0.15) is 12.3 Å². The first-order chi connectivity index (χ1) is 9.82. The maximum atomic E-state index is 12.5. The maximum absolute atomic E-state index is 12.5. The van der Waals surface area contributed by atoms with Gasteiger partial charge in [0.25, 0.3) is 0 Å².